The molecule has 8 nitrogen and oxygen atoms in total. The van der Waals surface area contributed by atoms with Gasteiger partial charge in [-0.3, -0.25) is 4.99 Å². The third-order valence-corrected chi connectivity index (χ3v) is 4.77. The third-order valence-electron chi connectivity index (χ3n) is 4.77. The van der Waals surface area contributed by atoms with Gasteiger partial charge in [-0.1, -0.05) is 18.2 Å². The van der Waals surface area contributed by atoms with E-state index in [4.69, 9.17) is 10.5 Å². The van der Waals surface area contributed by atoms with Gasteiger partial charge in [0.15, 0.2) is 0 Å². The molecule has 0 fully saturated rings. The predicted molar refractivity (Wildman–Crippen MR) is 141 cm³/mol. The lowest BCUT2D eigenvalue weighted by Gasteiger charge is -2.10. The topological polar surface area (TPSA) is 102 Å². The molecular formula is C26H31N7O. The second-order valence-electron chi connectivity index (χ2n) is 7.28. The lowest BCUT2D eigenvalue weighted by atomic mass is 10.2. The summed E-state index contributed by atoms with van der Waals surface area (Å²) in [5, 5.41) is 7.51. The van der Waals surface area contributed by atoms with E-state index < -0.39 is 0 Å². The van der Waals surface area contributed by atoms with Gasteiger partial charge in [0.05, 0.1) is 0 Å². The average Bonchev–Trinajstić information content (AvgIpc) is 3.25. The van der Waals surface area contributed by atoms with Crippen molar-refractivity contribution in [2.75, 3.05) is 23.7 Å². The molecule has 2 heterocycles. The van der Waals surface area contributed by atoms with Crippen LogP contribution in [0.4, 0.5) is 17.3 Å². The van der Waals surface area contributed by atoms with Crippen LogP contribution in [0.2, 0.25) is 0 Å². The Morgan fingerprint density at radius 1 is 1.09 bits per heavy atom. The number of benzene rings is 2. The monoisotopic (exact) mass is 457 g/mol. The van der Waals surface area contributed by atoms with Crippen LogP contribution in [0.25, 0.3) is 10.9 Å². The van der Waals surface area contributed by atoms with Crippen LogP contribution in [0.15, 0.2) is 84.1 Å². The van der Waals surface area contributed by atoms with E-state index in [9.17, 15) is 0 Å². The first-order chi connectivity index (χ1) is 16.7. The number of nitrogens with two attached hydrogens (primary N) is 1. The Morgan fingerprint density at radius 2 is 1.91 bits per heavy atom. The van der Waals surface area contributed by atoms with E-state index in [1.165, 1.54) is 0 Å². The van der Waals surface area contributed by atoms with Crippen LogP contribution in [-0.4, -0.2) is 34.3 Å². The number of allylic oxidation sites excluding steroid dienone is 2. The summed E-state index contributed by atoms with van der Waals surface area (Å²) >= 11 is 0. The number of hydrogen-bond donors (Lipinski definition) is 3. The summed E-state index contributed by atoms with van der Waals surface area (Å²) in [5.41, 5.74) is 8.46. The van der Waals surface area contributed by atoms with Gasteiger partial charge in [-0.25, -0.2) is 4.98 Å². The molecular weight excluding hydrogens is 426 g/mol. The lowest BCUT2D eigenvalue weighted by Crippen LogP contribution is -2.13. The highest BCUT2D eigenvalue weighted by molar-refractivity contribution is 5.81. The normalized spacial score (nSPS) is 10.6. The molecule has 0 aliphatic rings. The number of hydrogen-bond acceptors (Lipinski definition) is 7. The third kappa shape index (κ3) is 6.91. The zero-order valence-corrected chi connectivity index (χ0v) is 19.6. The Bertz CT molecular complexity index is 1230. The van der Waals surface area contributed by atoms with Crippen LogP contribution >= 0.6 is 0 Å². The van der Waals surface area contributed by atoms with E-state index in [-0.39, 0.29) is 0 Å². The molecule has 0 unspecified atom stereocenters. The average molecular weight is 458 g/mol. The number of nitrogens with one attached hydrogen (secondary N) is 2. The Hall–Kier alpha value is -4.17. The molecule has 0 saturated carbocycles. The van der Waals surface area contributed by atoms with E-state index in [1.54, 1.807) is 12.3 Å². The maximum Gasteiger partial charge on any atom is 0.230 e. The van der Waals surface area contributed by atoms with Crippen molar-refractivity contribution in [1.82, 2.24) is 14.5 Å². The lowest BCUT2D eigenvalue weighted by molar-refractivity contribution is 0.463. The van der Waals surface area contributed by atoms with Gasteiger partial charge >= 0.3 is 0 Å². The first-order valence-electron chi connectivity index (χ1n) is 11.1. The summed E-state index contributed by atoms with van der Waals surface area (Å²) in [6.07, 6.45) is 7.64. The van der Waals surface area contributed by atoms with E-state index in [1.807, 2.05) is 85.3 Å². The summed E-state index contributed by atoms with van der Waals surface area (Å²) in [4.78, 5) is 12.7. The van der Waals surface area contributed by atoms with Crippen LogP contribution in [0, 0.1) is 0 Å². The quantitative estimate of drug-likeness (QED) is 0.224. The predicted octanol–water partition coefficient (Wildman–Crippen LogP) is 5.58. The molecule has 0 spiro atoms. The number of aliphatic imine (C=N–C) groups is 1. The molecule has 2 aromatic heterocycles. The SMILES string of the molecule is C/C=C\C.C=NCn1ccc2cc(Oc3ccnc(Nc4cccc(NCCN)c4)n3)ccc21. The standard InChI is InChI=1S/C22H23N7O.C4H8/c1-24-15-29-12-8-16-13-19(5-6-20(16)29)30-21-7-10-26-22(28-21)27-18-4-2-3-17(14-18)25-11-9-23;1-3-4-2/h2-8,10,12-14,25H,1,9,11,15,23H2,(H,26,27,28);3-4H,1-2H3/b;4-3-. The van der Waals surface area contributed by atoms with Gasteiger partial charge in [-0.15, -0.1) is 0 Å². The first-order valence-corrected chi connectivity index (χ1v) is 11.1. The minimum absolute atomic E-state index is 0.452. The van der Waals surface area contributed by atoms with Gasteiger partial charge in [0.1, 0.15) is 12.4 Å². The van der Waals surface area contributed by atoms with Gasteiger partial charge < -0.3 is 25.7 Å². The Morgan fingerprint density at radius 3 is 2.68 bits per heavy atom. The van der Waals surface area contributed by atoms with Gasteiger partial charge in [-0.2, -0.15) is 4.98 Å². The summed E-state index contributed by atoms with van der Waals surface area (Å²) in [6, 6.07) is 17.5. The maximum atomic E-state index is 5.95. The first kappa shape index (κ1) is 24.5. The van der Waals surface area contributed by atoms with Crippen molar-refractivity contribution in [1.29, 1.82) is 0 Å². The van der Waals surface area contributed by atoms with Crippen LogP contribution in [0.5, 0.6) is 11.6 Å². The fraction of sp³-hybridized carbons (Fsp3) is 0.192. The molecule has 4 rings (SSSR count). The van der Waals surface area contributed by atoms with Crippen LogP contribution < -0.4 is 21.1 Å². The fourth-order valence-corrected chi connectivity index (χ4v) is 3.11. The molecule has 4 aromatic rings. The molecule has 4 N–H and O–H groups in total. The van der Waals surface area contributed by atoms with Gasteiger partial charge in [-0.05, 0) is 63.0 Å². The highest BCUT2D eigenvalue weighted by Gasteiger charge is 2.06. The minimum Gasteiger partial charge on any atom is -0.439 e. The van der Waals surface area contributed by atoms with E-state index in [0.717, 1.165) is 22.3 Å². The van der Waals surface area contributed by atoms with Crippen molar-refractivity contribution in [3.63, 3.8) is 0 Å². The highest BCUT2D eigenvalue weighted by atomic mass is 16.5. The molecule has 0 amide bonds. The number of fused-ring (bicyclic) bond motifs is 1. The van der Waals surface area contributed by atoms with Gasteiger partial charge in [0, 0.05) is 53.8 Å². The molecule has 0 radical (unpaired) electrons. The van der Waals surface area contributed by atoms with Crippen molar-refractivity contribution < 1.29 is 4.74 Å². The van der Waals surface area contributed by atoms with Crippen molar-refractivity contribution >= 4 is 34.9 Å². The minimum atomic E-state index is 0.452. The van der Waals surface area contributed by atoms with E-state index in [0.29, 0.717) is 37.3 Å². The van der Waals surface area contributed by atoms with Gasteiger partial charge in [0.25, 0.3) is 0 Å². The van der Waals surface area contributed by atoms with Gasteiger partial charge in [0.2, 0.25) is 11.8 Å². The summed E-state index contributed by atoms with van der Waals surface area (Å²) in [6.45, 7) is 9.35. The zero-order chi connectivity index (χ0) is 24.2. The molecule has 0 saturated heterocycles. The Balaban J connectivity index is 0.000000751. The van der Waals surface area contributed by atoms with Crippen molar-refractivity contribution in [2.24, 2.45) is 10.7 Å². The van der Waals surface area contributed by atoms with E-state index >= 15 is 0 Å². The summed E-state index contributed by atoms with van der Waals surface area (Å²) in [5.74, 6) is 1.61. The molecule has 0 aliphatic carbocycles. The molecule has 176 valence electrons. The maximum absolute atomic E-state index is 5.95. The number of aromatic nitrogens is 3. The number of rotatable bonds is 9. The smallest absolute Gasteiger partial charge is 0.230 e. The largest absolute Gasteiger partial charge is 0.439 e. The van der Waals surface area contributed by atoms with Crippen LogP contribution in [0.1, 0.15) is 13.8 Å². The molecule has 8 heteroatoms. The Kier molecular flexibility index (Phi) is 9.19. The summed E-state index contributed by atoms with van der Waals surface area (Å²) < 4.78 is 7.97. The van der Waals surface area contributed by atoms with E-state index in [2.05, 4.69) is 32.3 Å². The van der Waals surface area contributed by atoms with Crippen molar-refractivity contribution in [3.05, 3.63) is 79.1 Å². The number of ether oxygens (including phenoxy) is 1. The van der Waals surface area contributed by atoms with Crippen LogP contribution in [0.3, 0.4) is 0 Å². The Labute approximate surface area is 200 Å². The molecule has 0 bridgehead atoms. The second-order valence-corrected chi connectivity index (χ2v) is 7.28. The highest BCUT2D eigenvalue weighted by Crippen LogP contribution is 2.26. The van der Waals surface area contributed by atoms with Crippen molar-refractivity contribution in [2.45, 2.75) is 20.5 Å². The summed E-state index contributed by atoms with van der Waals surface area (Å²) in [7, 11) is 0. The molecule has 0 aliphatic heterocycles. The zero-order valence-electron chi connectivity index (χ0n) is 19.6. The number of anilines is 3. The second kappa shape index (κ2) is 12.8. The molecule has 0 atom stereocenters. The molecule has 34 heavy (non-hydrogen) atoms. The number of nitrogens with zero attached hydrogens (tertiary/aromatic N) is 4. The molecule has 2 aromatic carbocycles. The van der Waals surface area contributed by atoms with Crippen molar-refractivity contribution in [3.8, 4) is 11.6 Å². The van der Waals surface area contributed by atoms with Crippen LogP contribution in [-0.2, 0) is 6.67 Å². The fourth-order valence-electron chi connectivity index (χ4n) is 3.11.